The number of rotatable bonds is 5. The number of piperidine rings is 1. The number of carboxylic acid groups (broad SMARTS) is 1. The number of carbonyl (C=O) groups is 1. The molecule has 2 rings (SSSR count). The Balaban J connectivity index is 2.04. The largest absolute Gasteiger partial charge is 0.481 e. The van der Waals surface area contributed by atoms with Gasteiger partial charge in [0, 0.05) is 18.0 Å². The Labute approximate surface area is 122 Å². The normalized spacial score (nSPS) is 22.6. The molecule has 2 heterocycles. The van der Waals surface area contributed by atoms with Gasteiger partial charge in [0.1, 0.15) is 0 Å². The summed E-state index contributed by atoms with van der Waals surface area (Å²) in [5.41, 5.74) is 0. The molecule has 1 aromatic rings. The van der Waals surface area contributed by atoms with Crippen LogP contribution in [0.4, 0.5) is 0 Å². The van der Waals surface area contributed by atoms with Gasteiger partial charge in [0.15, 0.2) is 0 Å². The first-order valence-corrected chi connectivity index (χ1v) is 8.75. The molecule has 0 radical (unpaired) electrons. The fraction of sp³-hybridized carbons (Fsp3) is 0.583. The maximum atomic E-state index is 12.3. The molecule has 6 nitrogen and oxygen atoms in total. The van der Waals surface area contributed by atoms with Crippen LogP contribution in [0.1, 0.15) is 30.7 Å². The molecular weight excluding hydrogens is 300 g/mol. The van der Waals surface area contributed by atoms with E-state index in [1.807, 2.05) is 17.5 Å². The van der Waals surface area contributed by atoms with Crippen molar-refractivity contribution in [2.24, 2.45) is 5.92 Å². The summed E-state index contributed by atoms with van der Waals surface area (Å²) in [5.74, 6) is -1.55. The van der Waals surface area contributed by atoms with Crippen molar-refractivity contribution in [2.45, 2.75) is 25.8 Å². The average molecular weight is 318 g/mol. The highest BCUT2D eigenvalue weighted by atomic mass is 32.2. The molecule has 1 aromatic heterocycles. The molecule has 2 N–H and O–H groups in total. The van der Waals surface area contributed by atoms with E-state index in [4.69, 9.17) is 5.11 Å². The second-order valence-corrected chi connectivity index (χ2v) is 7.58. The van der Waals surface area contributed by atoms with Crippen molar-refractivity contribution in [2.75, 3.05) is 13.1 Å². The molecule has 1 aliphatic rings. The third kappa shape index (κ3) is 3.57. The highest BCUT2D eigenvalue weighted by Gasteiger charge is 2.33. The standard InChI is InChI=1S/C12H18N2O4S2/c1-9(11-5-3-7-19-11)13-20(17,18)14-6-2-4-10(8-14)12(15)16/h3,5,7,9-10,13H,2,4,6,8H2,1H3,(H,15,16). The number of nitrogens with zero attached hydrogens (tertiary/aromatic N) is 1. The molecule has 1 aliphatic heterocycles. The Morgan fingerprint density at radius 3 is 2.95 bits per heavy atom. The minimum absolute atomic E-state index is 0.0435. The van der Waals surface area contributed by atoms with Gasteiger partial charge in [-0.2, -0.15) is 17.4 Å². The Morgan fingerprint density at radius 2 is 2.35 bits per heavy atom. The average Bonchev–Trinajstić information content (AvgIpc) is 2.92. The summed E-state index contributed by atoms with van der Waals surface area (Å²) in [4.78, 5) is 11.9. The molecule has 8 heteroatoms. The summed E-state index contributed by atoms with van der Waals surface area (Å²) in [5, 5.41) is 10.9. The number of aliphatic carboxylic acids is 1. The van der Waals surface area contributed by atoms with Crippen LogP contribution in [-0.2, 0) is 15.0 Å². The third-order valence-electron chi connectivity index (χ3n) is 3.37. The van der Waals surface area contributed by atoms with Crippen molar-refractivity contribution in [3.05, 3.63) is 22.4 Å². The molecule has 20 heavy (non-hydrogen) atoms. The fourth-order valence-electron chi connectivity index (χ4n) is 2.26. The first kappa shape index (κ1) is 15.4. The summed E-state index contributed by atoms with van der Waals surface area (Å²) < 4.78 is 28.4. The second kappa shape index (κ2) is 6.21. The van der Waals surface area contributed by atoms with Gasteiger partial charge in [-0.15, -0.1) is 11.3 Å². The van der Waals surface area contributed by atoms with Gasteiger partial charge >= 0.3 is 5.97 Å². The predicted octanol–water partition coefficient (Wildman–Crippen LogP) is 1.44. The van der Waals surface area contributed by atoms with E-state index >= 15 is 0 Å². The molecule has 1 fully saturated rings. The lowest BCUT2D eigenvalue weighted by atomic mass is 10.0. The van der Waals surface area contributed by atoms with E-state index in [9.17, 15) is 13.2 Å². The van der Waals surface area contributed by atoms with Gasteiger partial charge in [0.05, 0.1) is 12.0 Å². The fourth-order valence-corrected chi connectivity index (χ4v) is 4.53. The van der Waals surface area contributed by atoms with Gasteiger partial charge in [-0.05, 0) is 31.2 Å². The molecule has 0 spiro atoms. The van der Waals surface area contributed by atoms with Crippen molar-refractivity contribution in [3.63, 3.8) is 0 Å². The highest BCUT2D eigenvalue weighted by Crippen LogP contribution is 2.22. The van der Waals surface area contributed by atoms with Gasteiger partial charge in [0.25, 0.3) is 10.2 Å². The quantitative estimate of drug-likeness (QED) is 0.860. The number of carboxylic acids is 1. The zero-order valence-corrected chi connectivity index (χ0v) is 12.8. The molecule has 0 aliphatic carbocycles. The maximum absolute atomic E-state index is 12.3. The Hall–Kier alpha value is -0.960. The van der Waals surface area contributed by atoms with Gasteiger partial charge in [-0.25, -0.2) is 0 Å². The van der Waals surface area contributed by atoms with E-state index in [1.165, 1.54) is 15.6 Å². The zero-order chi connectivity index (χ0) is 14.8. The van der Waals surface area contributed by atoms with E-state index < -0.39 is 22.1 Å². The lowest BCUT2D eigenvalue weighted by Gasteiger charge is -2.30. The van der Waals surface area contributed by atoms with Crippen LogP contribution in [0, 0.1) is 5.92 Å². The number of hydrogen-bond acceptors (Lipinski definition) is 4. The predicted molar refractivity (Wildman–Crippen MR) is 76.7 cm³/mol. The monoisotopic (exact) mass is 318 g/mol. The molecule has 0 bridgehead atoms. The summed E-state index contributed by atoms with van der Waals surface area (Å²) >= 11 is 1.48. The van der Waals surface area contributed by atoms with Crippen molar-refractivity contribution in [1.29, 1.82) is 0 Å². The van der Waals surface area contributed by atoms with Crippen molar-refractivity contribution in [1.82, 2.24) is 9.03 Å². The minimum atomic E-state index is -3.65. The van der Waals surface area contributed by atoms with Crippen LogP contribution in [-0.4, -0.2) is 36.9 Å². The molecule has 0 saturated carbocycles. The Morgan fingerprint density at radius 1 is 1.60 bits per heavy atom. The summed E-state index contributed by atoms with van der Waals surface area (Å²) in [6.45, 7) is 2.19. The van der Waals surface area contributed by atoms with Crippen LogP contribution in [0.25, 0.3) is 0 Å². The van der Waals surface area contributed by atoms with Gasteiger partial charge < -0.3 is 5.11 Å². The van der Waals surface area contributed by atoms with Crippen LogP contribution < -0.4 is 4.72 Å². The van der Waals surface area contributed by atoms with Crippen molar-refractivity contribution < 1.29 is 18.3 Å². The van der Waals surface area contributed by atoms with Crippen LogP contribution in [0.5, 0.6) is 0 Å². The molecule has 2 atom stereocenters. The van der Waals surface area contributed by atoms with Crippen molar-refractivity contribution in [3.8, 4) is 0 Å². The van der Waals surface area contributed by atoms with Gasteiger partial charge in [-0.1, -0.05) is 6.07 Å². The molecule has 112 valence electrons. The number of nitrogens with one attached hydrogen (secondary N) is 1. The van der Waals surface area contributed by atoms with E-state index in [0.29, 0.717) is 19.4 Å². The molecule has 1 saturated heterocycles. The van der Waals surface area contributed by atoms with Crippen molar-refractivity contribution >= 4 is 27.5 Å². The van der Waals surface area contributed by atoms with E-state index in [1.54, 1.807) is 6.92 Å². The van der Waals surface area contributed by atoms with Gasteiger partial charge in [-0.3, -0.25) is 4.79 Å². The SMILES string of the molecule is CC(NS(=O)(=O)N1CCCC(C(=O)O)C1)c1cccs1. The molecule has 2 unspecified atom stereocenters. The first-order chi connectivity index (χ1) is 9.40. The summed E-state index contributed by atoms with van der Waals surface area (Å²) in [6, 6.07) is 3.42. The zero-order valence-electron chi connectivity index (χ0n) is 11.2. The van der Waals surface area contributed by atoms with Gasteiger partial charge in [0.2, 0.25) is 0 Å². The summed E-state index contributed by atoms with van der Waals surface area (Å²) in [6.07, 6.45) is 1.10. The maximum Gasteiger partial charge on any atom is 0.307 e. The third-order valence-corrected chi connectivity index (χ3v) is 6.09. The number of thiophene rings is 1. The Kier molecular flexibility index (Phi) is 4.79. The lowest BCUT2D eigenvalue weighted by molar-refractivity contribution is -0.142. The highest BCUT2D eigenvalue weighted by molar-refractivity contribution is 7.87. The minimum Gasteiger partial charge on any atom is -0.481 e. The van der Waals surface area contributed by atoms with Crippen LogP contribution >= 0.6 is 11.3 Å². The molecular formula is C12H18N2O4S2. The smallest absolute Gasteiger partial charge is 0.307 e. The first-order valence-electron chi connectivity index (χ1n) is 6.44. The van der Waals surface area contributed by atoms with E-state index in [0.717, 1.165) is 4.88 Å². The lowest BCUT2D eigenvalue weighted by Crippen LogP contribution is -2.47. The van der Waals surface area contributed by atoms with Crippen LogP contribution in [0.15, 0.2) is 17.5 Å². The van der Waals surface area contributed by atoms with Crippen LogP contribution in [0.3, 0.4) is 0 Å². The van der Waals surface area contributed by atoms with Crippen LogP contribution in [0.2, 0.25) is 0 Å². The van der Waals surface area contributed by atoms with E-state index in [-0.39, 0.29) is 12.6 Å². The number of hydrogen-bond donors (Lipinski definition) is 2. The van der Waals surface area contributed by atoms with E-state index in [2.05, 4.69) is 4.72 Å². The Bertz CT molecular complexity index is 556. The summed E-state index contributed by atoms with van der Waals surface area (Å²) in [7, 11) is -3.65. The second-order valence-electron chi connectivity index (χ2n) is 4.90. The topological polar surface area (TPSA) is 86.7 Å². The molecule has 0 aromatic carbocycles. The molecule has 0 amide bonds.